The van der Waals surface area contributed by atoms with Gasteiger partial charge in [0.1, 0.15) is 0 Å². The molecule has 0 spiro atoms. The van der Waals surface area contributed by atoms with Crippen LogP contribution in [0.25, 0.3) is 22.8 Å². The lowest BCUT2D eigenvalue weighted by atomic mass is 9.96. The van der Waals surface area contributed by atoms with E-state index in [1.54, 1.807) is 0 Å². The van der Waals surface area contributed by atoms with Crippen molar-refractivity contribution in [3.05, 3.63) is 82.9 Å². The van der Waals surface area contributed by atoms with Gasteiger partial charge >= 0.3 is 0 Å². The van der Waals surface area contributed by atoms with Crippen LogP contribution in [0.15, 0.2) is 60.7 Å². The van der Waals surface area contributed by atoms with E-state index in [9.17, 15) is 4.79 Å². The zero-order valence-electron chi connectivity index (χ0n) is 20.1. The fourth-order valence-electron chi connectivity index (χ4n) is 5.55. The van der Waals surface area contributed by atoms with Gasteiger partial charge in [-0.3, -0.25) is 4.79 Å². The van der Waals surface area contributed by atoms with E-state index in [1.165, 1.54) is 49.0 Å². The van der Waals surface area contributed by atoms with Gasteiger partial charge in [0.25, 0.3) is 0 Å². The predicted molar refractivity (Wildman–Crippen MR) is 140 cm³/mol. The molecular formula is C31H31NO3. The standard InChI is InChI=1S/C31H31NO3/c33-29(10-4-7-17-32-15-5-1-6-16-32)23-12-13-26-24-8-2-3-9-25(24)27(28(26)20-23)18-22-11-14-30-31(19-22)35-21-34-30/h2-3,8-9,11-14,18-20H,1,4-7,10,15-17,21H2/b27-18-. The Morgan fingerprint density at radius 1 is 0.800 bits per heavy atom. The molecule has 0 aromatic heterocycles. The fraction of sp³-hybridized carbons (Fsp3) is 0.323. The summed E-state index contributed by atoms with van der Waals surface area (Å²) in [5.74, 6) is 1.80. The first-order valence-electron chi connectivity index (χ1n) is 12.9. The average Bonchev–Trinajstić information content (AvgIpc) is 3.49. The summed E-state index contributed by atoms with van der Waals surface area (Å²) in [5, 5.41) is 0. The summed E-state index contributed by atoms with van der Waals surface area (Å²) in [6, 6.07) is 20.7. The minimum Gasteiger partial charge on any atom is -0.454 e. The van der Waals surface area contributed by atoms with Crippen LogP contribution in [0.5, 0.6) is 11.5 Å². The summed E-state index contributed by atoms with van der Waals surface area (Å²) < 4.78 is 11.0. The fourth-order valence-corrected chi connectivity index (χ4v) is 5.55. The summed E-state index contributed by atoms with van der Waals surface area (Å²) in [7, 11) is 0. The van der Waals surface area contributed by atoms with Crippen molar-refractivity contribution in [1.82, 2.24) is 4.90 Å². The Hall–Kier alpha value is -3.37. The summed E-state index contributed by atoms with van der Waals surface area (Å²) >= 11 is 0. The first-order chi connectivity index (χ1) is 17.3. The summed E-state index contributed by atoms with van der Waals surface area (Å²) in [5.41, 5.74) is 7.75. The van der Waals surface area contributed by atoms with E-state index in [4.69, 9.17) is 9.47 Å². The molecule has 0 unspecified atom stereocenters. The Kier molecular flexibility index (Phi) is 6.13. The summed E-state index contributed by atoms with van der Waals surface area (Å²) in [4.78, 5) is 15.6. The third-order valence-electron chi connectivity index (χ3n) is 7.42. The van der Waals surface area contributed by atoms with Crippen LogP contribution in [0.1, 0.15) is 65.6 Å². The second-order valence-electron chi connectivity index (χ2n) is 9.76. The number of fused-ring (bicyclic) bond motifs is 4. The molecule has 178 valence electrons. The number of nitrogens with zero attached hydrogens (tertiary/aromatic N) is 1. The van der Waals surface area contributed by atoms with Crippen LogP contribution in [0.3, 0.4) is 0 Å². The Morgan fingerprint density at radius 2 is 1.60 bits per heavy atom. The molecule has 4 nitrogen and oxygen atoms in total. The Balaban J connectivity index is 1.23. The van der Waals surface area contributed by atoms with Crippen molar-refractivity contribution in [2.24, 2.45) is 0 Å². The number of benzene rings is 3. The van der Waals surface area contributed by atoms with E-state index >= 15 is 0 Å². The van der Waals surface area contributed by atoms with E-state index in [2.05, 4.69) is 53.4 Å². The first-order valence-corrected chi connectivity index (χ1v) is 12.9. The molecule has 0 amide bonds. The predicted octanol–water partition coefficient (Wildman–Crippen LogP) is 6.82. The smallest absolute Gasteiger partial charge is 0.231 e. The third-order valence-corrected chi connectivity index (χ3v) is 7.42. The topological polar surface area (TPSA) is 38.8 Å². The van der Waals surface area contributed by atoms with Crippen LogP contribution >= 0.6 is 0 Å². The molecule has 35 heavy (non-hydrogen) atoms. The minimum absolute atomic E-state index is 0.241. The maximum Gasteiger partial charge on any atom is 0.231 e. The SMILES string of the molecule is O=C(CCCCN1CCCCC1)c1ccc2c(c1)/C(=C\c1ccc3c(c1)OCO3)c1ccccc1-2. The Labute approximate surface area is 207 Å². The number of hydrogen-bond donors (Lipinski definition) is 0. The number of Topliss-reactive ketones (excluding diaryl/α,β-unsaturated/α-hetero) is 1. The van der Waals surface area contributed by atoms with Gasteiger partial charge in [0.15, 0.2) is 17.3 Å². The van der Waals surface area contributed by atoms with Gasteiger partial charge in [0.05, 0.1) is 0 Å². The minimum atomic E-state index is 0.241. The third kappa shape index (κ3) is 4.51. The largest absolute Gasteiger partial charge is 0.454 e. The van der Waals surface area contributed by atoms with E-state index < -0.39 is 0 Å². The first kappa shape index (κ1) is 22.1. The number of likely N-dealkylation sites (tertiary alicyclic amines) is 1. The molecule has 0 N–H and O–H groups in total. The second-order valence-corrected chi connectivity index (χ2v) is 9.76. The van der Waals surface area contributed by atoms with Gasteiger partial charge in [-0.05, 0) is 103 Å². The van der Waals surface area contributed by atoms with Crippen molar-refractivity contribution in [1.29, 1.82) is 0 Å². The molecule has 1 saturated heterocycles. The van der Waals surface area contributed by atoms with Gasteiger partial charge < -0.3 is 14.4 Å². The molecule has 2 aliphatic heterocycles. The molecule has 2 heterocycles. The highest BCUT2D eigenvalue weighted by atomic mass is 16.7. The van der Waals surface area contributed by atoms with Crippen LogP contribution in [0.2, 0.25) is 0 Å². The number of carbonyl (C=O) groups is 1. The quantitative estimate of drug-likeness (QED) is 0.222. The molecule has 6 rings (SSSR count). The van der Waals surface area contributed by atoms with Gasteiger partial charge in [-0.25, -0.2) is 0 Å². The van der Waals surface area contributed by atoms with Crippen molar-refractivity contribution >= 4 is 17.4 Å². The van der Waals surface area contributed by atoms with Crippen molar-refractivity contribution in [3.8, 4) is 22.6 Å². The Morgan fingerprint density at radius 3 is 2.49 bits per heavy atom. The molecule has 1 aliphatic carbocycles. The number of rotatable bonds is 7. The van der Waals surface area contributed by atoms with Gasteiger partial charge in [-0.15, -0.1) is 0 Å². The molecule has 4 heteroatoms. The summed E-state index contributed by atoms with van der Waals surface area (Å²) in [6.45, 7) is 3.83. The zero-order chi connectivity index (χ0) is 23.6. The zero-order valence-corrected chi connectivity index (χ0v) is 20.1. The molecule has 3 aromatic rings. The maximum absolute atomic E-state index is 13.1. The van der Waals surface area contributed by atoms with Gasteiger partial charge in [-0.2, -0.15) is 0 Å². The van der Waals surface area contributed by atoms with Crippen molar-refractivity contribution in [2.75, 3.05) is 26.4 Å². The molecule has 0 radical (unpaired) electrons. The number of piperidine rings is 1. The van der Waals surface area contributed by atoms with E-state index in [1.807, 2.05) is 18.2 Å². The highest BCUT2D eigenvalue weighted by molar-refractivity contribution is 6.08. The van der Waals surface area contributed by atoms with E-state index in [0.717, 1.165) is 53.1 Å². The van der Waals surface area contributed by atoms with Crippen LogP contribution in [-0.2, 0) is 0 Å². The lowest BCUT2D eigenvalue weighted by Gasteiger charge is -2.26. The lowest BCUT2D eigenvalue weighted by molar-refractivity contribution is 0.0977. The number of carbonyl (C=O) groups excluding carboxylic acids is 1. The molecule has 0 saturated carbocycles. The highest BCUT2D eigenvalue weighted by Crippen LogP contribution is 2.46. The molecule has 0 atom stereocenters. The second kappa shape index (κ2) is 9.71. The van der Waals surface area contributed by atoms with E-state index in [0.29, 0.717) is 6.42 Å². The van der Waals surface area contributed by atoms with Crippen LogP contribution in [0, 0.1) is 0 Å². The van der Waals surface area contributed by atoms with Crippen molar-refractivity contribution < 1.29 is 14.3 Å². The van der Waals surface area contributed by atoms with E-state index in [-0.39, 0.29) is 12.6 Å². The van der Waals surface area contributed by atoms with Gasteiger partial charge in [-0.1, -0.05) is 48.9 Å². The van der Waals surface area contributed by atoms with Crippen molar-refractivity contribution in [3.63, 3.8) is 0 Å². The van der Waals surface area contributed by atoms with Gasteiger partial charge in [0, 0.05) is 12.0 Å². The lowest BCUT2D eigenvalue weighted by Crippen LogP contribution is -2.30. The monoisotopic (exact) mass is 465 g/mol. The summed E-state index contributed by atoms with van der Waals surface area (Å²) in [6.07, 6.45) is 8.85. The highest BCUT2D eigenvalue weighted by Gasteiger charge is 2.24. The number of hydrogen-bond acceptors (Lipinski definition) is 4. The number of unbranched alkanes of at least 4 members (excludes halogenated alkanes) is 1. The average molecular weight is 466 g/mol. The van der Waals surface area contributed by atoms with Gasteiger partial charge in [0.2, 0.25) is 6.79 Å². The van der Waals surface area contributed by atoms with Crippen LogP contribution in [0.4, 0.5) is 0 Å². The van der Waals surface area contributed by atoms with Crippen LogP contribution < -0.4 is 9.47 Å². The molecule has 3 aliphatic rings. The molecule has 0 bridgehead atoms. The van der Waals surface area contributed by atoms with Crippen molar-refractivity contribution in [2.45, 2.75) is 38.5 Å². The normalized spacial score (nSPS) is 17.4. The molecular weight excluding hydrogens is 434 g/mol. The van der Waals surface area contributed by atoms with Crippen LogP contribution in [-0.4, -0.2) is 37.1 Å². The molecule has 1 fully saturated rings. The molecule has 3 aromatic carbocycles. The number of ketones is 1. The Bertz CT molecular complexity index is 1290. The maximum atomic E-state index is 13.1. The number of ether oxygens (including phenoxy) is 2.